The summed E-state index contributed by atoms with van der Waals surface area (Å²) in [5.74, 6) is -2.57. The van der Waals surface area contributed by atoms with E-state index < -0.39 is 66.8 Å². The molecule has 2 fully saturated rings. The maximum Gasteiger partial charge on any atom is 0.383 e. The maximum atomic E-state index is 14.1. The van der Waals surface area contributed by atoms with Crippen LogP contribution in [0.3, 0.4) is 0 Å². The van der Waals surface area contributed by atoms with Gasteiger partial charge in [0.1, 0.15) is 30.7 Å². The van der Waals surface area contributed by atoms with Crippen molar-refractivity contribution in [2.75, 3.05) is 6.61 Å². The van der Waals surface area contributed by atoms with Gasteiger partial charge in [-0.25, -0.2) is 24.0 Å². The summed E-state index contributed by atoms with van der Waals surface area (Å²) in [5.41, 5.74) is 0.774. The molecule has 0 bridgehead atoms. The van der Waals surface area contributed by atoms with Gasteiger partial charge in [-0.1, -0.05) is 110 Å². The summed E-state index contributed by atoms with van der Waals surface area (Å²) in [7, 11) is 0. The molecule has 5 atom stereocenters. The first kappa shape index (κ1) is 47.8. The van der Waals surface area contributed by atoms with Crippen molar-refractivity contribution in [1.82, 2.24) is 0 Å². The SMILES string of the molecule is C[C@H]1CC[C@@H](Oc2c(OCc3ccccc3)c3ccc(O[C@H]4O[C@H](COC(=O)c5ccccc5)[C@@H](OC(=O)c5ccccc5)[C@H](OC(=O)c5ccccc5)[C@@H]4OC(=O)c4ccccc4)cc3oc2=O)CC1. The second kappa shape index (κ2) is 22.5. The van der Waals surface area contributed by atoms with Crippen LogP contribution in [0.15, 0.2) is 179 Å². The van der Waals surface area contributed by atoms with E-state index in [1.54, 1.807) is 97.1 Å². The van der Waals surface area contributed by atoms with E-state index in [0.717, 1.165) is 31.2 Å². The Morgan fingerprint density at radius 1 is 0.535 bits per heavy atom. The fourth-order valence-corrected chi connectivity index (χ4v) is 8.45. The Bertz CT molecular complexity index is 2980. The van der Waals surface area contributed by atoms with Crippen LogP contribution in [-0.4, -0.2) is 67.3 Å². The van der Waals surface area contributed by atoms with E-state index in [1.807, 2.05) is 30.3 Å². The molecule has 362 valence electrons. The van der Waals surface area contributed by atoms with Crippen molar-refractivity contribution >= 4 is 34.8 Å². The van der Waals surface area contributed by atoms with E-state index in [1.165, 1.54) is 42.5 Å². The molecule has 0 radical (unpaired) electrons. The van der Waals surface area contributed by atoms with Crippen molar-refractivity contribution in [2.45, 2.75) is 76.0 Å². The molecule has 0 unspecified atom stereocenters. The van der Waals surface area contributed by atoms with Gasteiger partial charge in [0.25, 0.3) is 0 Å². The van der Waals surface area contributed by atoms with Gasteiger partial charge in [-0.15, -0.1) is 0 Å². The highest BCUT2D eigenvalue weighted by Gasteiger charge is 2.54. The number of rotatable bonds is 16. The molecule has 1 saturated heterocycles. The minimum Gasteiger partial charge on any atom is -0.484 e. The predicted molar refractivity (Wildman–Crippen MR) is 258 cm³/mol. The van der Waals surface area contributed by atoms with Crippen molar-refractivity contribution in [3.8, 4) is 17.2 Å². The summed E-state index contributed by atoms with van der Waals surface area (Å²) >= 11 is 0. The van der Waals surface area contributed by atoms with E-state index in [9.17, 15) is 24.0 Å². The summed E-state index contributed by atoms with van der Waals surface area (Å²) in [5, 5.41) is 0.400. The molecule has 14 heteroatoms. The number of carbonyl (C=O) groups is 4. The molecule has 2 heterocycles. The van der Waals surface area contributed by atoms with Crippen LogP contribution in [0.5, 0.6) is 17.2 Å². The van der Waals surface area contributed by atoms with E-state index in [2.05, 4.69) is 6.92 Å². The molecular weight excluding hydrogens is 909 g/mol. The van der Waals surface area contributed by atoms with Gasteiger partial charge in [-0.2, -0.15) is 0 Å². The van der Waals surface area contributed by atoms with E-state index in [-0.39, 0.29) is 57.8 Å². The van der Waals surface area contributed by atoms with E-state index in [4.69, 9.17) is 42.3 Å². The fourth-order valence-electron chi connectivity index (χ4n) is 8.45. The maximum absolute atomic E-state index is 14.1. The first-order valence-electron chi connectivity index (χ1n) is 23.4. The topological polar surface area (TPSA) is 172 Å². The normalized spacial score (nSPS) is 20.7. The quantitative estimate of drug-likeness (QED) is 0.0509. The average molecular weight is 959 g/mol. The largest absolute Gasteiger partial charge is 0.484 e. The molecule has 6 aromatic carbocycles. The molecule has 9 rings (SSSR count). The lowest BCUT2D eigenvalue weighted by atomic mass is 9.89. The first-order chi connectivity index (χ1) is 34.7. The highest BCUT2D eigenvalue weighted by molar-refractivity contribution is 5.92. The predicted octanol–water partition coefficient (Wildman–Crippen LogP) is 9.97. The first-order valence-corrected chi connectivity index (χ1v) is 23.4. The Balaban J connectivity index is 1.12. The molecule has 71 heavy (non-hydrogen) atoms. The third-order valence-corrected chi connectivity index (χ3v) is 12.3. The van der Waals surface area contributed by atoms with Crippen molar-refractivity contribution in [3.63, 3.8) is 0 Å². The summed E-state index contributed by atoms with van der Waals surface area (Å²) in [4.78, 5) is 69.6. The van der Waals surface area contributed by atoms with Crippen molar-refractivity contribution in [3.05, 3.63) is 208 Å². The minimum absolute atomic E-state index is 0.0442. The molecular formula is C57H50O14. The number of benzene rings is 6. The third-order valence-electron chi connectivity index (χ3n) is 12.3. The van der Waals surface area contributed by atoms with Gasteiger partial charge in [-0.05, 0) is 97.8 Å². The summed E-state index contributed by atoms with van der Waals surface area (Å²) in [6, 6.07) is 46.5. The molecule has 1 saturated carbocycles. The number of carbonyl (C=O) groups excluding carboxylic acids is 4. The molecule has 1 aliphatic carbocycles. The zero-order valence-corrected chi connectivity index (χ0v) is 38.7. The Morgan fingerprint density at radius 2 is 1.03 bits per heavy atom. The van der Waals surface area contributed by atoms with Crippen LogP contribution in [0, 0.1) is 5.92 Å². The van der Waals surface area contributed by atoms with E-state index >= 15 is 0 Å². The van der Waals surface area contributed by atoms with Gasteiger partial charge in [0, 0.05) is 6.07 Å². The second-order valence-corrected chi connectivity index (χ2v) is 17.3. The highest BCUT2D eigenvalue weighted by atomic mass is 16.7. The molecule has 1 aromatic heterocycles. The van der Waals surface area contributed by atoms with Crippen LogP contribution in [0.1, 0.15) is 79.6 Å². The Labute approximate surface area is 408 Å². The molecule has 0 spiro atoms. The lowest BCUT2D eigenvalue weighted by Crippen LogP contribution is -2.63. The molecule has 14 nitrogen and oxygen atoms in total. The highest BCUT2D eigenvalue weighted by Crippen LogP contribution is 2.39. The molecule has 1 aliphatic heterocycles. The van der Waals surface area contributed by atoms with Crippen LogP contribution in [-0.2, 0) is 30.3 Å². The van der Waals surface area contributed by atoms with Crippen LogP contribution in [0.2, 0.25) is 0 Å². The number of hydrogen-bond acceptors (Lipinski definition) is 14. The van der Waals surface area contributed by atoms with Gasteiger partial charge in [-0.3, -0.25) is 0 Å². The van der Waals surface area contributed by atoms with Crippen LogP contribution >= 0.6 is 0 Å². The summed E-state index contributed by atoms with van der Waals surface area (Å²) in [6.07, 6.45) is -4.79. The van der Waals surface area contributed by atoms with Crippen molar-refractivity contribution < 1.29 is 61.5 Å². The Morgan fingerprint density at radius 3 is 1.58 bits per heavy atom. The van der Waals surface area contributed by atoms with Crippen LogP contribution < -0.4 is 19.8 Å². The monoisotopic (exact) mass is 958 g/mol. The van der Waals surface area contributed by atoms with Gasteiger partial charge in [0.2, 0.25) is 18.1 Å². The standard InChI is InChI=1S/C57H50O14/c1-36-27-29-42(30-28-36)65-50-47(63-34-37-17-7-2-8-18-37)44-32-31-43(33-45(44)67-56(50)62)66-57-51(71-55(61)41-25-15-6-16-26-41)49(70-54(60)40-23-13-5-14-24-40)48(69-53(59)39-21-11-4-12-22-39)46(68-57)35-64-52(58)38-19-9-3-10-20-38/h2-26,31-33,36,42,46,48-49,51,57H,27-30,34-35H2,1H3/t36-,42+,46-,48-,49+,51+,57+/m1/s1. The zero-order valence-electron chi connectivity index (χ0n) is 38.7. The molecule has 0 amide bonds. The van der Waals surface area contributed by atoms with Gasteiger partial charge in [0.05, 0.1) is 33.7 Å². The Kier molecular flexibility index (Phi) is 15.1. The molecule has 7 aromatic rings. The van der Waals surface area contributed by atoms with Crippen molar-refractivity contribution in [1.29, 1.82) is 0 Å². The zero-order chi connectivity index (χ0) is 49.1. The number of hydrogen-bond donors (Lipinski definition) is 0. The van der Waals surface area contributed by atoms with Crippen LogP contribution in [0.4, 0.5) is 0 Å². The van der Waals surface area contributed by atoms with Gasteiger partial charge < -0.3 is 42.3 Å². The lowest BCUT2D eigenvalue weighted by molar-refractivity contribution is -0.275. The van der Waals surface area contributed by atoms with Crippen molar-refractivity contribution in [2.24, 2.45) is 5.92 Å². The smallest absolute Gasteiger partial charge is 0.383 e. The third kappa shape index (κ3) is 11.8. The number of esters is 4. The Hall–Kier alpha value is -8.23. The molecule has 2 aliphatic rings. The second-order valence-electron chi connectivity index (χ2n) is 17.3. The van der Waals surface area contributed by atoms with Gasteiger partial charge >= 0.3 is 29.5 Å². The van der Waals surface area contributed by atoms with E-state index in [0.29, 0.717) is 11.3 Å². The molecule has 0 N–H and O–H groups in total. The minimum atomic E-state index is -1.67. The number of fused-ring (bicyclic) bond motifs is 1. The summed E-state index contributed by atoms with van der Waals surface area (Å²) in [6.45, 7) is 1.76. The van der Waals surface area contributed by atoms with Gasteiger partial charge in [0.15, 0.2) is 18.0 Å². The summed E-state index contributed by atoms with van der Waals surface area (Å²) < 4.78 is 56.2. The average Bonchev–Trinajstić information content (AvgIpc) is 3.41. The fraction of sp³-hybridized carbons (Fsp3) is 0.246. The lowest BCUT2D eigenvalue weighted by Gasteiger charge is -2.44. The number of ether oxygens (including phenoxy) is 8. The van der Waals surface area contributed by atoms with Crippen LogP contribution in [0.25, 0.3) is 11.0 Å².